The molecule has 2 heterocycles. The SMILES string of the molecule is CC(C)C1CCN(Cc2ncccc2C(=O)O)C1. The molecule has 0 aliphatic carbocycles. The highest BCUT2D eigenvalue weighted by molar-refractivity contribution is 5.88. The molecule has 1 fully saturated rings. The van der Waals surface area contributed by atoms with Crippen LogP contribution in [0.3, 0.4) is 0 Å². The number of carboxylic acids is 1. The molecule has 1 unspecified atom stereocenters. The molecule has 4 heteroatoms. The number of carboxylic acid groups (broad SMARTS) is 1. The normalized spacial score (nSPS) is 20.5. The lowest BCUT2D eigenvalue weighted by Crippen LogP contribution is -2.23. The summed E-state index contributed by atoms with van der Waals surface area (Å²) >= 11 is 0. The van der Waals surface area contributed by atoms with Crippen LogP contribution in [0.4, 0.5) is 0 Å². The number of aromatic nitrogens is 1. The van der Waals surface area contributed by atoms with Crippen molar-refractivity contribution in [2.45, 2.75) is 26.8 Å². The zero-order valence-corrected chi connectivity index (χ0v) is 11.0. The number of hydrogen-bond acceptors (Lipinski definition) is 3. The molecule has 0 spiro atoms. The molecule has 0 bridgehead atoms. The van der Waals surface area contributed by atoms with Crippen LogP contribution in [0, 0.1) is 11.8 Å². The van der Waals surface area contributed by atoms with E-state index < -0.39 is 5.97 Å². The molecule has 1 aliphatic heterocycles. The van der Waals surface area contributed by atoms with Gasteiger partial charge < -0.3 is 5.11 Å². The number of likely N-dealkylation sites (tertiary alicyclic amines) is 1. The molecule has 1 aliphatic rings. The van der Waals surface area contributed by atoms with Crippen molar-refractivity contribution in [3.63, 3.8) is 0 Å². The third-order valence-corrected chi connectivity index (χ3v) is 3.75. The van der Waals surface area contributed by atoms with Crippen molar-refractivity contribution in [3.05, 3.63) is 29.6 Å². The molecule has 0 amide bonds. The van der Waals surface area contributed by atoms with Gasteiger partial charge in [0.15, 0.2) is 0 Å². The Morgan fingerprint density at radius 2 is 2.39 bits per heavy atom. The van der Waals surface area contributed by atoms with Gasteiger partial charge in [-0.2, -0.15) is 0 Å². The fourth-order valence-corrected chi connectivity index (χ4v) is 2.52. The standard InChI is InChI=1S/C14H20N2O2/c1-10(2)11-5-7-16(8-11)9-13-12(14(17)18)4-3-6-15-13/h3-4,6,10-11H,5,7-9H2,1-2H3,(H,17,18). The van der Waals surface area contributed by atoms with Gasteiger partial charge in [-0.05, 0) is 36.9 Å². The van der Waals surface area contributed by atoms with Crippen molar-refractivity contribution in [2.24, 2.45) is 11.8 Å². The van der Waals surface area contributed by atoms with Crippen molar-refractivity contribution in [3.8, 4) is 0 Å². The Kier molecular flexibility index (Phi) is 3.97. The number of nitrogens with zero attached hydrogens (tertiary/aromatic N) is 2. The van der Waals surface area contributed by atoms with E-state index in [1.54, 1.807) is 18.3 Å². The molecule has 98 valence electrons. The van der Waals surface area contributed by atoms with E-state index in [4.69, 9.17) is 5.11 Å². The summed E-state index contributed by atoms with van der Waals surface area (Å²) < 4.78 is 0. The van der Waals surface area contributed by atoms with Crippen LogP contribution in [0.25, 0.3) is 0 Å². The zero-order valence-electron chi connectivity index (χ0n) is 11.0. The predicted molar refractivity (Wildman–Crippen MR) is 69.4 cm³/mol. The summed E-state index contributed by atoms with van der Waals surface area (Å²) in [6.45, 7) is 7.23. The number of pyridine rings is 1. The van der Waals surface area contributed by atoms with Crippen molar-refractivity contribution in [1.29, 1.82) is 0 Å². The van der Waals surface area contributed by atoms with Crippen LogP contribution in [-0.2, 0) is 6.54 Å². The van der Waals surface area contributed by atoms with Crippen LogP contribution >= 0.6 is 0 Å². The number of aromatic carboxylic acids is 1. The quantitative estimate of drug-likeness (QED) is 0.888. The Hall–Kier alpha value is -1.42. The second kappa shape index (κ2) is 5.48. The second-order valence-corrected chi connectivity index (χ2v) is 5.33. The van der Waals surface area contributed by atoms with Gasteiger partial charge in [-0.3, -0.25) is 9.88 Å². The monoisotopic (exact) mass is 248 g/mol. The van der Waals surface area contributed by atoms with Crippen LogP contribution in [0.1, 0.15) is 36.3 Å². The number of carbonyl (C=O) groups is 1. The number of rotatable bonds is 4. The molecule has 4 nitrogen and oxygen atoms in total. The maximum atomic E-state index is 11.1. The van der Waals surface area contributed by atoms with E-state index in [-0.39, 0.29) is 0 Å². The molecular formula is C14H20N2O2. The molecule has 1 N–H and O–H groups in total. The van der Waals surface area contributed by atoms with Gasteiger partial charge in [-0.1, -0.05) is 13.8 Å². The molecule has 18 heavy (non-hydrogen) atoms. The maximum absolute atomic E-state index is 11.1. The second-order valence-electron chi connectivity index (χ2n) is 5.33. The van der Waals surface area contributed by atoms with E-state index in [2.05, 4.69) is 23.7 Å². The van der Waals surface area contributed by atoms with Crippen LogP contribution < -0.4 is 0 Å². The van der Waals surface area contributed by atoms with Crippen LogP contribution in [0.5, 0.6) is 0 Å². The average molecular weight is 248 g/mol. The zero-order chi connectivity index (χ0) is 13.1. The summed E-state index contributed by atoms with van der Waals surface area (Å²) in [6.07, 6.45) is 2.87. The Labute approximate surface area is 108 Å². The first kappa shape index (κ1) is 13.0. The molecule has 1 atom stereocenters. The van der Waals surface area contributed by atoms with Crippen molar-refractivity contribution >= 4 is 5.97 Å². The Morgan fingerprint density at radius 1 is 1.61 bits per heavy atom. The van der Waals surface area contributed by atoms with E-state index in [1.165, 1.54) is 6.42 Å². The Morgan fingerprint density at radius 3 is 3.00 bits per heavy atom. The molecular weight excluding hydrogens is 228 g/mol. The van der Waals surface area contributed by atoms with Gasteiger partial charge in [0.05, 0.1) is 11.3 Å². The summed E-state index contributed by atoms with van der Waals surface area (Å²) in [7, 11) is 0. The van der Waals surface area contributed by atoms with Gasteiger partial charge in [0.1, 0.15) is 0 Å². The molecule has 1 saturated heterocycles. The highest BCUT2D eigenvalue weighted by Gasteiger charge is 2.25. The number of hydrogen-bond donors (Lipinski definition) is 1. The van der Waals surface area contributed by atoms with Crippen molar-refractivity contribution < 1.29 is 9.90 Å². The molecule has 0 aromatic carbocycles. The Balaban J connectivity index is 2.05. The van der Waals surface area contributed by atoms with Gasteiger partial charge in [0.2, 0.25) is 0 Å². The van der Waals surface area contributed by atoms with Crippen LogP contribution in [0.2, 0.25) is 0 Å². The van der Waals surface area contributed by atoms with E-state index in [1.807, 2.05) is 0 Å². The minimum atomic E-state index is -0.891. The predicted octanol–water partition coefficient (Wildman–Crippen LogP) is 2.26. The first-order chi connectivity index (χ1) is 8.58. The minimum absolute atomic E-state index is 0.325. The minimum Gasteiger partial charge on any atom is -0.478 e. The summed E-state index contributed by atoms with van der Waals surface area (Å²) in [5, 5.41) is 9.12. The molecule has 0 radical (unpaired) electrons. The lowest BCUT2D eigenvalue weighted by atomic mass is 9.95. The van der Waals surface area contributed by atoms with Gasteiger partial charge in [-0.15, -0.1) is 0 Å². The van der Waals surface area contributed by atoms with Crippen molar-refractivity contribution in [1.82, 2.24) is 9.88 Å². The summed E-state index contributed by atoms with van der Waals surface area (Å²) in [5.41, 5.74) is 1.000. The first-order valence-corrected chi connectivity index (χ1v) is 6.47. The maximum Gasteiger partial charge on any atom is 0.337 e. The fraction of sp³-hybridized carbons (Fsp3) is 0.571. The van der Waals surface area contributed by atoms with E-state index in [0.29, 0.717) is 23.7 Å². The fourth-order valence-electron chi connectivity index (χ4n) is 2.52. The average Bonchev–Trinajstić information content (AvgIpc) is 2.78. The molecule has 1 aromatic heterocycles. The Bertz CT molecular complexity index is 432. The van der Waals surface area contributed by atoms with E-state index in [9.17, 15) is 4.79 Å². The van der Waals surface area contributed by atoms with Crippen molar-refractivity contribution in [2.75, 3.05) is 13.1 Å². The highest BCUT2D eigenvalue weighted by atomic mass is 16.4. The van der Waals surface area contributed by atoms with Crippen LogP contribution in [-0.4, -0.2) is 34.0 Å². The lowest BCUT2D eigenvalue weighted by Gasteiger charge is -2.18. The summed E-state index contributed by atoms with van der Waals surface area (Å²) in [4.78, 5) is 17.6. The lowest BCUT2D eigenvalue weighted by molar-refractivity contribution is 0.0694. The van der Waals surface area contributed by atoms with E-state index in [0.717, 1.165) is 19.0 Å². The topological polar surface area (TPSA) is 53.4 Å². The summed E-state index contributed by atoms with van der Waals surface area (Å²) in [5.74, 6) is 0.525. The van der Waals surface area contributed by atoms with Gasteiger partial charge in [-0.25, -0.2) is 4.79 Å². The van der Waals surface area contributed by atoms with Gasteiger partial charge >= 0.3 is 5.97 Å². The summed E-state index contributed by atoms with van der Waals surface area (Å²) in [6, 6.07) is 3.30. The molecule has 1 aromatic rings. The molecule has 2 rings (SSSR count). The van der Waals surface area contributed by atoms with Gasteiger partial charge in [0.25, 0.3) is 0 Å². The van der Waals surface area contributed by atoms with Gasteiger partial charge in [0, 0.05) is 19.3 Å². The molecule has 0 saturated carbocycles. The highest BCUT2D eigenvalue weighted by Crippen LogP contribution is 2.25. The largest absolute Gasteiger partial charge is 0.478 e. The first-order valence-electron chi connectivity index (χ1n) is 6.47. The smallest absolute Gasteiger partial charge is 0.337 e. The third-order valence-electron chi connectivity index (χ3n) is 3.75. The van der Waals surface area contributed by atoms with E-state index >= 15 is 0 Å². The third kappa shape index (κ3) is 2.88. The van der Waals surface area contributed by atoms with Crippen LogP contribution in [0.15, 0.2) is 18.3 Å².